The molecule has 0 spiro atoms. The first-order valence-corrected chi connectivity index (χ1v) is 25.4. The lowest BCUT2D eigenvalue weighted by Gasteiger charge is -2.34. The third-order valence-electron chi connectivity index (χ3n) is 13.0. The number of anilines is 4. The van der Waals surface area contributed by atoms with Crippen LogP contribution >= 0.6 is 0 Å². The molecule has 0 amide bonds. The summed E-state index contributed by atoms with van der Waals surface area (Å²) < 4.78 is 0. The molecule has 0 radical (unpaired) electrons. The number of hydrogen-bond donors (Lipinski definition) is 2. The monoisotopic (exact) mass is 935 g/mol. The maximum atomic E-state index is 6.04. The predicted molar refractivity (Wildman–Crippen MR) is 313 cm³/mol. The number of benzene rings is 5. The van der Waals surface area contributed by atoms with Crippen molar-refractivity contribution in [1.82, 2.24) is 0 Å². The third-order valence-corrected chi connectivity index (χ3v) is 13.0. The molecule has 4 N–H and O–H groups in total. The van der Waals surface area contributed by atoms with Gasteiger partial charge in [0.05, 0.1) is 5.69 Å². The Morgan fingerprint density at radius 2 is 1.35 bits per heavy atom. The fraction of sp³-hybridized carbons (Fsp3) is 0.194. The molecule has 8 rings (SSSR count). The van der Waals surface area contributed by atoms with Crippen LogP contribution in [0.25, 0.3) is 27.8 Å². The zero-order valence-electron chi connectivity index (χ0n) is 43.1. The first-order valence-electron chi connectivity index (χ1n) is 25.4. The van der Waals surface area contributed by atoms with E-state index in [-0.39, 0.29) is 5.92 Å². The van der Waals surface area contributed by atoms with Crippen molar-refractivity contribution in [2.45, 2.75) is 86.1 Å². The van der Waals surface area contributed by atoms with Gasteiger partial charge < -0.3 is 21.3 Å². The largest absolute Gasteiger partial charge is 0.405 e. The topological polar surface area (TPSA) is 58.5 Å². The molecular formula is C67H74N4. The molecule has 0 aromatic heterocycles. The van der Waals surface area contributed by atoms with E-state index in [2.05, 4.69) is 207 Å². The van der Waals surface area contributed by atoms with Crippen molar-refractivity contribution in [2.24, 2.45) is 11.5 Å². The maximum Gasteiger partial charge on any atom is 0.0533 e. The molecule has 71 heavy (non-hydrogen) atoms. The quantitative estimate of drug-likeness (QED) is 0.109. The van der Waals surface area contributed by atoms with Crippen LogP contribution in [0.5, 0.6) is 0 Å². The minimum atomic E-state index is 0.233. The molecule has 2 aliphatic carbocycles. The van der Waals surface area contributed by atoms with Gasteiger partial charge in [-0.1, -0.05) is 166 Å². The van der Waals surface area contributed by atoms with Crippen LogP contribution in [-0.4, -0.2) is 6.04 Å². The van der Waals surface area contributed by atoms with Gasteiger partial charge >= 0.3 is 0 Å². The number of rotatable bonds is 14. The highest BCUT2D eigenvalue weighted by atomic mass is 15.2. The molecule has 5 aromatic carbocycles. The second-order valence-electron chi connectivity index (χ2n) is 17.5. The van der Waals surface area contributed by atoms with Gasteiger partial charge in [0, 0.05) is 46.5 Å². The Kier molecular flexibility index (Phi) is 19.8. The van der Waals surface area contributed by atoms with Crippen molar-refractivity contribution in [3.63, 3.8) is 0 Å². The van der Waals surface area contributed by atoms with Crippen molar-refractivity contribution in [3.8, 4) is 11.1 Å². The lowest BCUT2D eigenvalue weighted by atomic mass is 9.80. The Hall–Kier alpha value is -7.82. The summed E-state index contributed by atoms with van der Waals surface area (Å²) in [7, 11) is 0. The molecule has 0 bridgehead atoms. The molecular weight excluding hydrogens is 861 g/mol. The smallest absolute Gasteiger partial charge is 0.0533 e. The molecule has 0 saturated heterocycles. The normalized spacial score (nSPS) is 17.1. The van der Waals surface area contributed by atoms with E-state index in [1.54, 1.807) is 18.5 Å². The van der Waals surface area contributed by atoms with Gasteiger partial charge in [-0.25, -0.2) is 0 Å². The average molecular weight is 935 g/mol. The average Bonchev–Trinajstić information content (AvgIpc) is 3.76. The Morgan fingerprint density at radius 3 is 1.94 bits per heavy atom. The third kappa shape index (κ3) is 12.9. The van der Waals surface area contributed by atoms with Crippen molar-refractivity contribution in [2.75, 3.05) is 9.80 Å². The minimum absolute atomic E-state index is 0.233. The highest BCUT2D eigenvalue weighted by Crippen LogP contribution is 2.55. The highest BCUT2D eigenvalue weighted by molar-refractivity contribution is 5.93. The summed E-state index contributed by atoms with van der Waals surface area (Å²) in [5.41, 5.74) is 31.0. The van der Waals surface area contributed by atoms with Crippen molar-refractivity contribution in [3.05, 3.63) is 271 Å². The standard InChI is InChI=1S/C60H60N4.C5H8.C2H6/c1-5-17-50(42-62)47-29-35-55(36-30-47)63(52(18-6-2)32-26-44(4)43(3)19-16-38-61)54-33-27-46(28-34-54)49-31-37-59-57(39-49)58-41-51(45-20-10-7-11-21-45)40-56(48-22-12-8-13-23-48)60(58)64(59)53-24-14-9-15-25-53;1-3-5-4-2;1-2/h5-6,8-10,12-30,32-36,38-42,57,59H,7,11,31,37,61-62H2,1-4H3;3-5H,1H2,2H3;1-2H3/b17-5-,18-6-,38-16-,43-19+,44-26+,50-42+,52-32+;5-4-;. The van der Waals surface area contributed by atoms with Crippen LogP contribution in [0.2, 0.25) is 0 Å². The molecule has 0 saturated carbocycles. The molecule has 3 aliphatic rings. The van der Waals surface area contributed by atoms with Crippen LogP contribution in [0.15, 0.2) is 248 Å². The molecule has 1 aliphatic heterocycles. The second-order valence-corrected chi connectivity index (χ2v) is 17.5. The minimum Gasteiger partial charge on any atom is -0.405 e. The summed E-state index contributed by atoms with van der Waals surface area (Å²) in [6.45, 7) is 17.7. The number of allylic oxidation sites excluding steroid dienone is 19. The van der Waals surface area contributed by atoms with Crippen LogP contribution in [0.3, 0.4) is 0 Å². The van der Waals surface area contributed by atoms with E-state index in [1.165, 1.54) is 50.3 Å². The first kappa shape index (κ1) is 52.5. The number of hydrogen-bond acceptors (Lipinski definition) is 4. The van der Waals surface area contributed by atoms with Gasteiger partial charge in [0.15, 0.2) is 0 Å². The number of para-hydroxylation sites is 1. The zero-order valence-corrected chi connectivity index (χ0v) is 43.1. The van der Waals surface area contributed by atoms with Gasteiger partial charge in [0.1, 0.15) is 0 Å². The Bertz CT molecular complexity index is 2890. The van der Waals surface area contributed by atoms with Crippen LogP contribution in [-0.2, 0) is 0 Å². The Balaban J connectivity index is 0.00000111. The second kappa shape index (κ2) is 26.8. The highest BCUT2D eigenvalue weighted by Gasteiger charge is 2.42. The number of fused-ring (bicyclic) bond motifs is 3. The summed E-state index contributed by atoms with van der Waals surface area (Å²) in [4.78, 5) is 4.98. The molecule has 362 valence electrons. The van der Waals surface area contributed by atoms with E-state index in [9.17, 15) is 0 Å². The number of nitrogens with zero attached hydrogens (tertiary/aromatic N) is 2. The Morgan fingerprint density at radius 1 is 0.690 bits per heavy atom. The summed E-state index contributed by atoms with van der Waals surface area (Å²) in [5.74, 6) is 0.233. The molecule has 5 aromatic rings. The lowest BCUT2D eigenvalue weighted by Crippen LogP contribution is -2.31. The van der Waals surface area contributed by atoms with E-state index < -0.39 is 0 Å². The fourth-order valence-electron chi connectivity index (χ4n) is 9.50. The Labute approximate surface area is 426 Å². The SMILES string of the molecule is C/C=C\C(=C/N)c1ccc(N(C(/C=C\C)=C/C=C(C)/C(C)=C/C=C\N)c2ccc(C3=CC4c5cc(C6=CCCC=C6)cc(-c6ccccc6)c5N(c5ccccc5)C4CC3)cc2)cc1.C=C/C=C\C.CC. The van der Waals surface area contributed by atoms with Crippen molar-refractivity contribution in [1.29, 1.82) is 0 Å². The summed E-state index contributed by atoms with van der Waals surface area (Å²) in [5, 5.41) is 0. The van der Waals surface area contributed by atoms with E-state index >= 15 is 0 Å². The van der Waals surface area contributed by atoms with Gasteiger partial charge in [-0.3, -0.25) is 0 Å². The van der Waals surface area contributed by atoms with Gasteiger partial charge in [-0.2, -0.15) is 0 Å². The van der Waals surface area contributed by atoms with E-state index in [0.29, 0.717) is 6.04 Å². The van der Waals surface area contributed by atoms with Gasteiger partial charge in [0.2, 0.25) is 0 Å². The molecule has 4 nitrogen and oxygen atoms in total. The summed E-state index contributed by atoms with van der Waals surface area (Å²) in [6, 6.07) is 45.1. The molecule has 2 atom stereocenters. The summed E-state index contributed by atoms with van der Waals surface area (Å²) >= 11 is 0. The molecule has 4 heteroatoms. The molecule has 1 heterocycles. The van der Waals surface area contributed by atoms with E-state index in [0.717, 1.165) is 65.0 Å². The van der Waals surface area contributed by atoms with Crippen molar-refractivity contribution >= 4 is 39.5 Å². The number of nitrogens with two attached hydrogens (primary N) is 2. The maximum absolute atomic E-state index is 6.04. The van der Waals surface area contributed by atoms with Gasteiger partial charge in [0.25, 0.3) is 0 Å². The van der Waals surface area contributed by atoms with Crippen molar-refractivity contribution < 1.29 is 0 Å². The van der Waals surface area contributed by atoms with Gasteiger partial charge in [-0.15, -0.1) is 0 Å². The van der Waals surface area contributed by atoms with E-state index in [1.807, 2.05) is 64.2 Å². The van der Waals surface area contributed by atoms with Crippen LogP contribution in [0.4, 0.5) is 22.7 Å². The molecule has 0 fully saturated rings. The summed E-state index contributed by atoms with van der Waals surface area (Å²) in [6.07, 6.45) is 39.3. The lowest BCUT2D eigenvalue weighted by molar-refractivity contribution is 0.572. The van der Waals surface area contributed by atoms with Crippen LogP contribution in [0, 0.1) is 0 Å². The van der Waals surface area contributed by atoms with Crippen LogP contribution in [0.1, 0.15) is 102 Å². The fourth-order valence-corrected chi connectivity index (χ4v) is 9.50. The van der Waals surface area contributed by atoms with Gasteiger partial charge in [-0.05, 0) is 189 Å². The van der Waals surface area contributed by atoms with E-state index in [4.69, 9.17) is 11.5 Å². The zero-order chi connectivity index (χ0) is 50.5. The molecule has 2 unspecified atom stereocenters. The first-order chi connectivity index (χ1) is 34.8. The van der Waals surface area contributed by atoms with Crippen LogP contribution < -0.4 is 21.3 Å². The predicted octanol–water partition coefficient (Wildman–Crippen LogP) is 18.2.